The molecule has 0 bridgehead atoms. The second-order valence-corrected chi connectivity index (χ2v) is 8.09. The predicted octanol–water partition coefficient (Wildman–Crippen LogP) is 0.623. The van der Waals surface area contributed by atoms with Gasteiger partial charge in [0.05, 0.1) is 0 Å². The van der Waals surface area contributed by atoms with Gasteiger partial charge in [0, 0.05) is 5.57 Å². The zero-order chi connectivity index (χ0) is 11.9. The van der Waals surface area contributed by atoms with Gasteiger partial charge < -0.3 is 9.22 Å². The van der Waals surface area contributed by atoms with E-state index in [-0.39, 0.29) is 15.2 Å². The molecule has 0 amide bonds. The van der Waals surface area contributed by atoms with Crippen LogP contribution in [0.2, 0.25) is 6.04 Å². The number of hydrogen-bond acceptors (Lipinski definition) is 2. The third-order valence-electron chi connectivity index (χ3n) is 2.19. The van der Waals surface area contributed by atoms with Crippen molar-refractivity contribution >= 4 is 26.2 Å². The second kappa shape index (κ2) is 6.97. The maximum atomic E-state index is 11.0. The zero-order valence-electron chi connectivity index (χ0n) is 10.2. The first-order valence-electron chi connectivity index (χ1n) is 5.32. The largest absolute Gasteiger partial charge is 0.478 e. The molecule has 88 valence electrons. The second-order valence-electron chi connectivity index (χ2n) is 4.66. The molecule has 0 aromatic heterocycles. The number of unbranched alkanes of at least 4 members (excludes halogenated alkanes) is 1. The van der Waals surface area contributed by atoms with Crippen molar-refractivity contribution in [2.75, 3.05) is 0 Å². The first-order chi connectivity index (χ1) is 6.89. The highest BCUT2D eigenvalue weighted by atomic mass is 28.3. The molecule has 0 radical (unpaired) electrons. The minimum absolute atomic E-state index is 0.266. The van der Waals surface area contributed by atoms with Crippen LogP contribution in [0.15, 0.2) is 11.6 Å². The lowest BCUT2D eigenvalue weighted by molar-refractivity contribution is -0.133. The molecule has 0 saturated heterocycles. The third kappa shape index (κ3) is 6.64. The van der Waals surface area contributed by atoms with Crippen LogP contribution in [-0.4, -0.2) is 31.3 Å². The molecule has 0 aromatic rings. The molecular formula is C10H22O3Si2. The molecule has 0 heterocycles. The van der Waals surface area contributed by atoms with Crippen LogP contribution >= 0.6 is 0 Å². The van der Waals surface area contributed by atoms with Gasteiger partial charge >= 0.3 is 5.97 Å². The van der Waals surface area contributed by atoms with Crippen molar-refractivity contribution in [3.8, 4) is 0 Å². The molecule has 0 unspecified atom stereocenters. The Labute approximate surface area is 97.4 Å². The lowest BCUT2D eigenvalue weighted by Crippen LogP contribution is -2.17. The Balaban J connectivity index is 4.15. The summed E-state index contributed by atoms with van der Waals surface area (Å²) in [4.78, 5) is 11.0. The summed E-state index contributed by atoms with van der Waals surface area (Å²) in [6.07, 6.45) is 3.78. The van der Waals surface area contributed by atoms with Crippen LogP contribution in [0, 0.1) is 5.41 Å². The quantitative estimate of drug-likeness (QED) is 0.425. The number of aliphatic carboxylic acids is 1. The van der Waals surface area contributed by atoms with Gasteiger partial charge in [-0.1, -0.05) is 33.3 Å². The van der Waals surface area contributed by atoms with E-state index in [0.29, 0.717) is 5.57 Å². The Morgan fingerprint density at radius 3 is 2.53 bits per heavy atom. The molecule has 5 heteroatoms. The minimum atomic E-state index is -0.793. The molecule has 0 spiro atoms. The summed E-state index contributed by atoms with van der Waals surface area (Å²) in [6, 6.07) is 1.15. The standard InChI is InChI=1S/C10H22O3Si2/c1-10(2,3)8(9(11)12)6-4-5-7-15-13-14/h6H,4-5,7,15H2,1-3,14H3,(H,11,12). The average molecular weight is 246 g/mol. The van der Waals surface area contributed by atoms with Crippen LogP contribution in [0.1, 0.15) is 33.6 Å². The van der Waals surface area contributed by atoms with E-state index in [0.717, 1.165) is 29.4 Å². The van der Waals surface area contributed by atoms with Crippen LogP contribution in [0.4, 0.5) is 0 Å². The Hall–Kier alpha value is -0.396. The molecule has 0 rings (SSSR count). The average Bonchev–Trinajstić information content (AvgIpc) is 2.08. The Morgan fingerprint density at radius 1 is 1.53 bits per heavy atom. The lowest BCUT2D eigenvalue weighted by atomic mass is 9.86. The maximum absolute atomic E-state index is 11.0. The van der Waals surface area contributed by atoms with E-state index in [2.05, 4.69) is 0 Å². The van der Waals surface area contributed by atoms with Gasteiger partial charge in [-0.15, -0.1) is 0 Å². The van der Waals surface area contributed by atoms with Crippen LogP contribution in [0.3, 0.4) is 0 Å². The van der Waals surface area contributed by atoms with Crippen molar-refractivity contribution in [1.29, 1.82) is 0 Å². The molecule has 0 aliphatic rings. The summed E-state index contributed by atoms with van der Waals surface area (Å²) in [5, 5.41) is 9.03. The number of carboxylic acid groups (broad SMARTS) is 1. The summed E-state index contributed by atoms with van der Waals surface area (Å²) in [6.45, 7) is 5.80. The van der Waals surface area contributed by atoms with E-state index in [1.54, 1.807) is 0 Å². The highest BCUT2D eigenvalue weighted by Gasteiger charge is 2.22. The Morgan fingerprint density at radius 2 is 2.13 bits per heavy atom. The highest BCUT2D eigenvalue weighted by molar-refractivity contribution is 6.34. The van der Waals surface area contributed by atoms with Crippen LogP contribution in [0.5, 0.6) is 0 Å². The van der Waals surface area contributed by atoms with Crippen molar-refractivity contribution < 1.29 is 14.0 Å². The summed E-state index contributed by atoms with van der Waals surface area (Å²) in [5.74, 6) is -0.793. The number of carboxylic acids is 1. The van der Waals surface area contributed by atoms with Gasteiger partial charge in [0.25, 0.3) is 0 Å². The van der Waals surface area contributed by atoms with Crippen molar-refractivity contribution in [2.24, 2.45) is 5.41 Å². The molecule has 0 atom stereocenters. The molecular weight excluding hydrogens is 224 g/mol. The minimum Gasteiger partial charge on any atom is -0.478 e. The SMILES string of the molecule is CC(C)(C)C(=CCCC[SiH2]O[SiH3])C(=O)O. The number of hydrogen-bond donors (Lipinski definition) is 1. The fraction of sp³-hybridized carbons (Fsp3) is 0.700. The van der Waals surface area contributed by atoms with E-state index < -0.39 is 5.97 Å². The smallest absolute Gasteiger partial charge is 0.331 e. The fourth-order valence-corrected chi connectivity index (χ4v) is 3.00. The first-order valence-corrected chi connectivity index (χ1v) is 7.72. The van der Waals surface area contributed by atoms with Gasteiger partial charge in [-0.2, -0.15) is 0 Å². The Bertz CT molecular complexity index is 231. The number of allylic oxidation sites excluding steroid dienone is 1. The van der Waals surface area contributed by atoms with E-state index in [4.69, 9.17) is 9.22 Å². The van der Waals surface area contributed by atoms with Crippen LogP contribution < -0.4 is 0 Å². The molecule has 0 fully saturated rings. The lowest BCUT2D eigenvalue weighted by Gasteiger charge is -2.19. The van der Waals surface area contributed by atoms with Gasteiger partial charge in [-0.25, -0.2) is 4.79 Å². The third-order valence-corrected chi connectivity index (χ3v) is 4.61. The summed E-state index contributed by atoms with van der Waals surface area (Å²) in [5.41, 5.74) is 0.258. The fourth-order valence-electron chi connectivity index (χ4n) is 1.35. The van der Waals surface area contributed by atoms with E-state index in [1.165, 1.54) is 0 Å². The molecule has 15 heavy (non-hydrogen) atoms. The van der Waals surface area contributed by atoms with Gasteiger partial charge in [0.2, 0.25) is 0 Å². The molecule has 0 aromatic carbocycles. The van der Waals surface area contributed by atoms with E-state index in [1.807, 2.05) is 26.8 Å². The molecule has 0 aliphatic carbocycles. The summed E-state index contributed by atoms with van der Waals surface area (Å²) >= 11 is 0. The van der Waals surface area contributed by atoms with Crippen LogP contribution in [-0.2, 0) is 8.91 Å². The molecule has 1 N–H and O–H groups in total. The predicted molar refractivity (Wildman–Crippen MR) is 68.8 cm³/mol. The van der Waals surface area contributed by atoms with Gasteiger partial charge in [-0.05, 0) is 17.9 Å². The normalized spacial score (nSPS) is 13.9. The van der Waals surface area contributed by atoms with Gasteiger partial charge in [0.1, 0.15) is 20.2 Å². The van der Waals surface area contributed by atoms with Gasteiger partial charge in [0.15, 0.2) is 0 Å². The molecule has 3 nitrogen and oxygen atoms in total. The highest BCUT2D eigenvalue weighted by Crippen LogP contribution is 2.25. The molecule has 0 aliphatic heterocycles. The van der Waals surface area contributed by atoms with Crippen molar-refractivity contribution in [2.45, 2.75) is 39.7 Å². The van der Waals surface area contributed by atoms with Crippen molar-refractivity contribution in [3.63, 3.8) is 0 Å². The molecule has 0 saturated carbocycles. The van der Waals surface area contributed by atoms with Crippen molar-refractivity contribution in [1.82, 2.24) is 0 Å². The van der Waals surface area contributed by atoms with Crippen LogP contribution in [0.25, 0.3) is 0 Å². The first kappa shape index (κ1) is 14.6. The van der Waals surface area contributed by atoms with E-state index in [9.17, 15) is 4.79 Å². The van der Waals surface area contributed by atoms with Crippen molar-refractivity contribution in [3.05, 3.63) is 11.6 Å². The Kier molecular flexibility index (Phi) is 6.79. The number of rotatable bonds is 6. The van der Waals surface area contributed by atoms with Gasteiger partial charge in [-0.3, -0.25) is 0 Å². The zero-order valence-corrected chi connectivity index (χ0v) is 13.6. The number of carbonyl (C=O) groups is 1. The van der Waals surface area contributed by atoms with E-state index >= 15 is 0 Å². The monoisotopic (exact) mass is 246 g/mol. The summed E-state index contributed by atoms with van der Waals surface area (Å²) < 4.78 is 5.20. The maximum Gasteiger partial charge on any atom is 0.331 e. The summed E-state index contributed by atoms with van der Waals surface area (Å²) in [7, 11) is 0.554. The topological polar surface area (TPSA) is 46.5 Å².